The van der Waals surface area contributed by atoms with Gasteiger partial charge in [-0.2, -0.15) is 0 Å². The minimum atomic E-state index is 0.569. The molecule has 2 aromatic heterocycles. The van der Waals surface area contributed by atoms with Crippen LogP contribution >= 0.6 is 0 Å². The standard InChI is InChI=1S/C26H31N5O2/c1-16-17(2)29-22-6-5-19(11-20(16)22)30-26-21-12-24(32-4)25(13-23(21)27-15-28-26)33-14-18-7-9-31(3)10-8-18/h5-6,11-13,15,18,29H,7-10,14H2,1-4H3,(H,27,28,30). The summed E-state index contributed by atoms with van der Waals surface area (Å²) in [5.74, 6) is 2.73. The number of fused-ring (bicyclic) bond motifs is 2. The molecule has 172 valence electrons. The highest BCUT2D eigenvalue weighted by Gasteiger charge is 2.19. The van der Waals surface area contributed by atoms with Crippen molar-refractivity contribution in [2.75, 3.05) is 39.2 Å². The number of hydrogen-bond donors (Lipinski definition) is 2. The Morgan fingerprint density at radius 1 is 1.06 bits per heavy atom. The topological polar surface area (TPSA) is 75.3 Å². The van der Waals surface area contributed by atoms with Crippen molar-refractivity contribution >= 4 is 33.3 Å². The lowest BCUT2D eigenvalue weighted by atomic mass is 9.98. The van der Waals surface area contributed by atoms with Crippen LogP contribution in [-0.4, -0.2) is 53.7 Å². The molecule has 1 saturated heterocycles. The first-order valence-electron chi connectivity index (χ1n) is 11.5. The van der Waals surface area contributed by atoms with Gasteiger partial charge in [-0.05, 0) is 82.6 Å². The number of rotatable bonds is 6. The summed E-state index contributed by atoms with van der Waals surface area (Å²) in [6.07, 6.45) is 3.91. The zero-order chi connectivity index (χ0) is 22.9. The minimum absolute atomic E-state index is 0.569. The lowest BCUT2D eigenvalue weighted by Crippen LogP contribution is -2.32. The maximum atomic E-state index is 6.20. The van der Waals surface area contributed by atoms with Gasteiger partial charge in [0.25, 0.3) is 0 Å². The zero-order valence-corrected chi connectivity index (χ0v) is 19.7. The second-order valence-electron chi connectivity index (χ2n) is 9.06. The van der Waals surface area contributed by atoms with Crippen LogP contribution in [0.15, 0.2) is 36.7 Å². The van der Waals surface area contributed by atoms with Crippen LogP contribution in [0.25, 0.3) is 21.8 Å². The van der Waals surface area contributed by atoms with Gasteiger partial charge < -0.3 is 24.7 Å². The first kappa shape index (κ1) is 21.5. The number of nitrogens with one attached hydrogen (secondary N) is 2. The van der Waals surface area contributed by atoms with Crippen LogP contribution in [0.2, 0.25) is 0 Å². The average molecular weight is 446 g/mol. The summed E-state index contributed by atoms with van der Waals surface area (Å²) < 4.78 is 11.9. The van der Waals surface area contributed by atoms with Gasteiger partial charge in [-0.15, -0.1) is 0 Å². The van der Waals surface area contributed by atoms with Crippen LogP contribution < -0.4 is 14.8 Å². The molecule has 7 nitrogen and oxygen atoms in total. The van der Waals surface area contributed by atoms with E-state index in [1.807, 2.05) is 12.1 Å². The maximum Gasteiger partial charge on any atom is 0.163 e. The van der Waals surface area contributed by atoms with E-state index in [0.717, 1.165) is 59.6 Å². The summed E-state index contributed by atoms with van der Waals surface area (Å²) in [5.41, 5.74) is 5.38. The molecule has 2 N–H and O–H groups in total. The Morgan fingerprint density at radius 2 is 1.88 bits per heavy atom. The van der Waals surface area contributed by atoms with Gasteiger partial charge in [-0.3, -0.25) is 0 Å². The minimum Gasteiger partial charge on any atom is -0.493 e. The van der Waals surface area contributed by atoms with Crippen LogP contribution in [-0.2, 0) is 0 Å². The second kappa shape index (κ2) is 8.90. The number of likely N-dealkylation sites (tertiary alicyclic amines) is 1. The Labute approximate surface area is 194 Å². The quantitative estimate of drug-likeness (QED) is 0.425. The number of piperidine rings is 1. The van der Waals surface area contributed by atoms with E-state index in [4.69, 9.17) is 9.47 Å². The molecular weight excluding hydrogens is 414 g/mol. The largest absolute Gasteiger partial charge is 0.493 e. The van der Waals surface area contributed by atoms with E-state index in [0.29, 0.717) is 18.3 Å². The molecule has 0 spiro atoms. The van der Waals surface area contributed by atoms with Crippen molar-refractivity contribution in [3.63, 3.8) is 0 Å². The maximum absolute atomic E-state index is 6.20. The number of ether oxygens (including phenoxy) is 2. The van der Waals surface area contributed by atoms with Gasteiger partial charge in [0.1, 0.15) is 12.1 Å². The van der Waals surface area contributed by atoms with Crippen LogP contribution in [0.3, 0.4) is 0 Å². The third-order valence-electron chi connectivity index (χ3n) is 6.80. The molecule has 4 aromatic rings. The summed E-state index contributed by atoms with van der Waals surface area (Å²) >= 11 is 0. The molecule has 0 unspecified atom stereocenters. The van der Waals surface area contributed by atoms with E-state index in [1.54, 1.807) is 13.4 Å². The van der Waals surface area contributed by atoms with E-state index in [-0.39, 0.29) is 0 Å². The number of anilines is 2. The second-order valence-corrected chi connectivity index (χ2v) is 9.06. The van der Waals surface area contributed by atoms with Gasteiger partial charge in [0.15, 0.2) is 11.5 Å². The molecule has 1 aliphatic heterocycles. The van der Waals surface area contributed by atoms with E-state index in [2.05, 4.69) is 64.3 Å². The van der Waals surface area contributed by atoms with Gasteiger partial charge >= 0.3 is 0 Å². The number of aromatic amines is 1. The van der Waals surface area contributed by atoms with Crippen molar-refractivity contribution in [1.29, 1.82) is 0 Å². The molecule has 0 atom stereocenters. The Balaban J connectivity index is 1.41. The van der Waals surface area contributed by atoms with Crippen LogP contribution in [0.4, 0.5) is 11.5 Å². The molecule has 2 aromatic carbocycles. The Morgan fingerprint density at radius 3 is 2.67 bits per heavy atom. The summed E-state index contributed by atoms with van der Waals surface area (Å²) in [7, 11) is 3.85. The highest BCUT2D eigenvalue weighted by molar-refractivity contribution is 5.94. The van der Waals surface area contributed by atoms with Crippen molar-refractivity contribution in [3.05, 3.63) is 47.9 Å². The highest BCUT2D eigenvalue weighted by Crippen LogP contribution is 2.36. The lowest BCUT2D eigenvalue weighted by molar-refractivity contribution is 0.157. The van der Waals surface area contributed by atoms with Crippen LogP contribution in [0.1, 0.15) is 24.1 Å². The Bertz CT molecular complexity index is 1290. The van der Waals surface area contributed by atoms with E-state index in [1.165, 1.54) is 16.6 Å². The zero-order valence-electron chi connectivity index (χ0n) is 19.7. The van der Waals surface area contributed by atoms with Gasteiger partial charge in [0.2, 0.25) is 0 Å². The summed E-state index contributed by atoms with van der Waals surface area (Å²) in [5, 5.41) is 5.57. The fourth-order valence-corrected chi connectivity index (χ4v) is 4.55. The molecule has 0 radical (unpaired) electrons. The molecule has 33 heavy (non-hydrogen) atoms. The smallest absolute Gasteiger partial charge is 0.163 e. The first-order valence-corrected chi connectivity index (χ1v) is 11.5. The number of nitrogens with zero attached hydrogens (tertiary/aromatic N) is 3. The molecule has 0 aliphatic carbocycles. The third kappa shape index (κ3) is 4.33. The van der Waals surface area contributed by atoms with Crippen molar-refractivity contribution in [3.8, 4) is 11.5 Å². The number of benzene rings is 2. The predicted molar refractivity (Wildman–Crippen MR) is 133 cm³/mol. The molecule has 0 saturated carbocycles. The number of aryl methyl sites for hydroxylation is 2. The monoisotopic (exact) mass is 445 g/mol. The fraction of sp³-hybridized carbons (Fsp3) is 0.385. The van der Waals surface area contributed by atoms with Gasteiger partial charge in [-0.1, -0.05) is 0 Å². The molecule has 1 aliphatic rings. The van der Waals surface area contributed by atoms with E-state index >= 15 is 0 Å². The lowest BCUT2D eigenvalue weighted by Gasteiger charge is -2.28. The molecule has 0 bridgehead atoms. The molecule has 1 fully saturated rings. The normalized spacial score (nSPS) is 15.3. The molecule has 7 heteroatoms. The Kier molecular flexibility index (Phi) is 5.81. The number of hydrogen-bond acceptors (Lipinski definition) is 6. The van der Waals surface area contributed by atoms with Crippen molar-refractivity contribution < 1.29 is 9.47 Å². The van der Waals surface area contributed by atoms with Gasteiger partial charge in [0.05, 0.1) is 19.2 Å². The van der Waals surface area contributed by atoms with E-state index < -0.39 is 0 Å². The van der Waals surface area contributed by atoms with Gasteiger partial charge in [0, 0.05) is 33.7 Å². The number of aromatic nitrogens is 3. The van der Waals surface area contributed by atoms with Crippen LogP contribution in [0.5, 0.6) is 11.5 Å². The number of methoxy groups -OCH3 is 1. The van der Waals surface area contributed by atoms with Gasteiger partial charge in [-0.25, -0.2) is 9.97 Å². The molecule has 0 amide bonds. The summed E-state index contributed by atoms with van der Waals surface area (Å²) in [4.78, 5) is 14.8. The first-order chi connectivity index (χ1) is 16.0. The fourth-order valence-electron chi connectivity index (χ4n) is 4.55. The van der Waals surface area contributed by atoms with Crippen LogP contribution in [0, 0.1) is 19.8 Å². The van der Waals surface area contributed by atoms with E-state index in [9.17, 15) is 0 Å². The molecular formula is C26H31N5O2. The van der Waals surface area contributed by atoms with Crippen molar-refractivity contribution in [2.24, 2.45) is 5.92 Å². The summed E-state index contributed by atoms with van der Waals surface area (Å²) in [6, 6.07) is 10.2. The summed E-state index contributed by atoms with van der Waals surface area (Å²) in [6.45, 7) is 7.17. The SMILES string of the molecule is COc1cc2c(Nc3ccc4[nH]c(C)c(C)c4c3)ncnc2cc1OCC1CCN(C)CC1. The average Bonchev–Trinajstić information content (AvgIpc) is 3.11. The Hall–Kier alpha value is -3.32. The predicted octanol–water partition coefficient (Wildman–Crippen LogP) is 5.20. The third-order valence-corrected chi connectivity index (χ3v) is 6.80. The number of H-pyrrole nitrogens is 1. The van der Waals surface area contributed by atoms with Crippen molar-refractivity contribution in [1.82, 2.24) is 19.9 Å². The highest BCUT2D eigenvalue weighted by atomic mass is 16.5. The molecule has 3 heterocycles. The van der Waals surface area contributed by atoms with Crippen molar-refractivity contribution in [2.45, 2.75) is 26.7 Å². The molecule has 5 rings (SSSR count).